The molecule has 0 aliphatic carbocycles. The molecule has 4 aromatic rings. The molecule has 33 heavy (non-hydrogen) atoms. The molecule has 0 bridgehead atoms. The quantitative estimate of drug-likeness (QED) is 0.386. The Labute approximate surface area is 189 Å². The minimum atomic E-state index is -0.410. The highest BCUT2D eigenvalue weighted by Crippen LogP contribution is 2.35. The van der Waals surface area contributed by atoms with Gasteiger partial charge < -0.3 is 20.7 Å². The number of aromatic nitrogens is 7. The normalized spacial score (nSPS) is 10.5. The maximum Gasteiger partial charge on any atom is 0.273 e. The Hall–Kier alpha value is -4.61. The highest BCUT2D eigenvalue weighted by Gasteiger charge is 2.20. The molecule has 0 aliphatic heterocycles. The molecule has 0 atom stereocenters. The van der Waals surface area contributed by atoms with Crippen molar-refractivity contribution in [3.05, 3.63) is 54.2 Å². The predicted molar refractivity (Wildman–Crippen MR) is 122 cm³/mol. The summed E-state index contributed by atoms with van der Waals surface area (Å²) in [5.41, 5.74) is 1.95. The predicted octanol–water partition coefficient (Wildman–Crippen LogP) is 2.23. The molecule has 0 unspecified atom stereocenters. The molecule has 0 spiro atoms. The first-order valence-electron chi connectivity index (χ1n) is 9.95. The van der Waals surface area contributed by atoms with Crippen molar-refractivity contribution >= 4 is 29.0 Å². The fraction of sp³-hybridized carbons (Fsp3) is 0.190. The third-order valence-corrected chi connectivity index (χ3v) is 4.58. The number of carbonyl (C=O) groups is 1. The summed E-state index contributed by atoms with van der Waals surface area (Å²) in [5, 5.41) is 21.3. The summed E-state index contributed by atoms with van der Waals surface area (Å²) in [5.74, 6) is 1.84. The van der Waals surface area contributed by atoms with Crippen LogP contribution in [0.3, 0.4) is 0 Å². The van der Waals surface area contributed by atoms with Crippen molar-refractivity contribution < 1.29 is 9.53 Å². The van der Waals surface area contributed by atoms with E-state index < -0.39 is 5.91 Å². The number of ether oxygens (including phenoxy) is 1. The first kappa shape index (κ1) is 21.6. The van der Waals surface area contributed by atoms with Crippen LogP contribution in [0.5, 0.6) is 5.75 Å². The highest BCUT2D eigenvalue weighted by atomic mass is 16.5. The zero-order valence-electron chi connectivity index (χ0n) is 18.5. The van der Waals surface area contributed by atoms with Crippen LogP contribution in [0.4, 0.5) is 23.1 Å². The average molecular weight is 446 g/mol. The molecule has 168 valence electrons. The summed E-state index contributed by atoms with van der Waals surface area (Å²) in [6.07, 6.45) is 3.19. The second-order valence-corrected chi connectivity index (χ2v) is 6.97. The van der Waals surface area contributed by atoms with E-state index in [0.29, 0.717) is 40.3 Å². The number of rotatable bonds is 7. The van der Waals surface area contributed by atoms with Crippen LogP contribution in [0, 0.1) is 6.92 Å². The van der Waals surface area contributed by atoms with Crippen LogP contribution in [-0.4, -0.2) is 55.0 Å². The molecule has 0 saturated heterocycles. The number of methoxy groups -OCH3 is 1. The summed E-state index contributed by atoms with van der Waals surface area (Å²) in [4.78, 5) is 25.5. The number of hydrogen-bond donors (Lipinski definition) is 3. The van der Waals surface area contributed by atoms with Crippen molar-refractivity contribution in [1.82, 2.24) is 40.2 Å². The molecule has 0 saturated carbocycles. The Morgan fingerprint density at radius 2 is 1.94 bits per heavy atom. The van der Waals surface area contributed by atoms with Gasteiger partial charge in [-0.25, -0.2) is 15.0 Å². The highest BCUT2D eigenvalue weighted by molar-refractivity contribution is 5.98. The summed E-state index contributed by atoms with van der Waals surface area (Å²) >= 11 is 0. The van der Waals surface area contributed by atoms with Gasteiger partial charge in [-0.1, -0.05) is 6.07 Å². The number of carbonyl (C=O) groups excluding carboxylic acids is 1. The first-order chi connectivity index (χ1) is 16.0. The fourth-order valence-electron chi connectivity index (χ4n) is 3.09. The molecule has 4 aromatic heterocycles. The summed E-state index contributed by atoms with van der Waals surface area (Å²) in [7, 11) is 4.82. The van der Waals surface area contributed by atoms with Crippen molar-refractivity contribution in [3.8, 4) is 17.1 Å². The molecule has 0 radical (unpaired) electrons. The SMILES string of the molecule is CNC(=O)c1nnc(Nc2cccc(C)n2)cc1Nc1nccc(-c2ncn(C)n2)c1OC. The van der Waals surface area contributed by atoms with Crippen LogP contribution >= 0.6 is 0 Å². The second kappa shape index (κ2) is 9.26. The van der Waals surface area contributed by atoms with Gasteiger partial charge in [-0.05, 0) is 25.1 Å². The van der Waals surface area contributed by atoms with Gasteiger partial charge in [0.25, 0.3) is 5.91 Å². The molecule has 0 aliphatic rings. The van der Waals surface area contributed by atoms with Crippen LogP contribution in [0.2, 0.25) is 0 Å². The topological polar surface area (TPSA) is 145 Å². The van der Waals surface area contributed by atoms with Gasteiger partial charge in [0.2, 0.25) is 0 Å². The Kier molecular flexibility index (Phi) is 6.06. The summed E-state index contributed by atoms with van der Waals surface area (Å²) < 4.78 is 7.19. The largest absolute Gasteiger partial charge is 0.492 e. The third-order valence-electron chi connectivity index (χ3n) is 4.58. The lowest BCUT2D eigenvalue weighted by Crippen LogP contribution is -2.21. The average Bonchev–Trinajstić information content (AvgIpc) is 3.25. The third kappa shape index (κ3) is 4.69. The first-order valence-corrected chi connectivity index (χ1v) is 9.95. The van der Waals surface area contributed by atoms with Gasteiger partial charge in [0.15, 0.2) is 28.9 Å². The van der Waals surface area contributed by atoms with Crippen LogP contribution in [0.15, 0.2) is 42.9 Å². The summed E-state index contributed by atoms with van der Waals surface area (Å²) in [6, 6.07) is 8.97. The molecule has 0 fully saturated rings. The lowest BCUT2D eigenvalue weighted by atomic mass is 10.2. The number of amides is 1. The number of nitrogens with zero attached hydrogens (tertiary/aromatic N) is 7. The maximum atomic E-state index is 12.4. The van der Waals surface area contributed by atoms with E-state index in [1.165, 1.54) is 14.2 Å². The Bertz CT molecular complexity index is 1300. The second-order valence-electron chi connectivity index (χ2n) is 6.97. The molecule has 3 N–H and O–H groups in total. The van der Waals surface area contributed by atoms with E-state index >= 15 is 0 Å². The van der Waals surface area contributed by atoms with E-state index in [9.17, 15) is 4.79 Å². The summed E-state index contributed by atoms with van der Waals surface area (Å²) in [6.45, 7) is 1.89. The van der Waals surface area contributed by atoms with Gasteiger partial charge in [0, 0.05) is 32.1 Å². The standard InChI is InChI=1S/C21H22N10O2/c1-12-6-5-7-15(25-12)27-16-10-14(17(29-28-16)21(32)22-2)26-20-18(33-4)13(8-9-23-20)19-24-11-31(3)30-19/h5-11H,1-4H3,(H,22,32)(H2,23,25,26,27,28). The molecule has 0 aromatic carbocycles. The van der Waals surface area contributed by atoms with Gasteiger partial charge in [-0.15, -0.1) is 10.2 Å². The molecule has 12 heteroatoms. The monoisotopic (exact) mass is 446 g/mol. The van der Waals surface area contributed by atoms with Gasteiger partial charge in [-0.3, -0.25) is 9.48 Å². The van der Waals surface area contributed by atoms with E-state index in [1.807, 2.05) is 25.1 Å². The molecular formula is C21H22N10O2. The van der Waals surface area contributed by atoms with Crippen LogP contribution in [-0.2, 0) is 7.05 Å². The minimum Gasteiger partial charge on any atom is -0.492 e. The van der Waals surface area contributed by atoms with Crippen LogP contribution < -0.4 is 20.7 Å². The van der Waals surface area contributed by atoms with Crippen molar-refractivity contribution in [3.63, 3.8) is 0 Å². The lowest BCUT2D eigenvalue weighted by molar-refractivity contribution is 0.0958. The van der Waals surface area contributed by atoms with Crippen molar-refractivity contribution in [2.75, 3.05) is 24.8 Å². The van der Waals surface area contributed by atoms with E-state index in [-0.39, 0.29) is 5.69 Å². The lowest BCUT2D eigenvalue weighted by Gasteiger charge is -2.15. The minimum absolute atomic E-state index is 0.0884. The van der Waals surface area contributed by atoms with Crippen molar-refractivity contribution in [1.29, 1.82) is 0 Å². The van der Waals surface area contributed by atoms with Gasteiger partial charge in [-0.2, -0.15) is 5.10 Å². The zero-order chi connectivity index (χ0) is 23.4. The van der Waals surface area contributed by atoms with Crippen LogP contribution in [0.1, 0.15) is 16.2 Å². The van der Waals surface area contributed by atoms with Crippen LogP contribution in [0.25, 0.3) is 11.4 Å². The number of aryl methyl sites for hydroxylation is 2. The molecule has 4 heterocycles. The number of anilines is 4. The molecule has 4 rings (SSSR count). The number of nitrogens with one attached hydrogen (secondary N) is 3. The Morgan fingerprint density at radius 3 is 2.64 bits per heavy atom. The molecule has 12 nitrogen and oxygen atoms in total. The van der Waals surface area contributed by atoms with Crippen molar-refractivity contribution in [2.24, 2.45) is 7.05 Å². The van der Waals surface area contributed by atoms with Gasteiger partial charge in [0.05, 0.1) is 18.4 Å². The molecular weight excluding hydrogens is 424 g/mol. The van der Waals surface area contributed by atoms with Gasteiger partial charge in [0.1, 0.15) is 12.1 Å². The van der Waals surface area contributed by atoms with E-state index in [2.05, 4.69) is 46.2 Å². The zero-order valence-corrected chi connectivity index (χ0v) is 18.5. The van der Waals surface area contributed by atoms with Gasteiger partial charge >= 0.3 is 0 Å². The van der Waals surface area contributed by atoms with E-state index in [4.69, 9.17) is 4.74 Å². The maximum absolute atomic E-state index is 12.4. The number of hydrogen-bond acceptors (Lipinski definition) is 10. The van der Waals surface area contributed by atoms with E-state index in [0.717, 1.165) is 5.69 Å². The fourth-order valence-corrected chi connectivity index (χ4v) is 3.09. The Balaban J connectivity index is 1.73. The molecule has 1 amide bonds. The smallest absolute Gasteiger partial charge is 0.273 e. The van der Waals surface area contributed by atoms with Crippen molar-refractivity contribution in [2.45, 2.75) is 6.92 Å². The van der Waals surface area contributed by atoms with E-state index in [1.54, 1.807) is 36.4 Å². The Morgan fingerprint density at radius 1 is 1.09 bits per heavy atom. The number of pyridine rings is 2.